The van der Waals surface area contributed by atoms with Crippen molar-refractivity contribution < 1.29 is 27.1 Å². The summed E-state index contributed by atoms with van der Waals surface area (Å²) in [5, 5.41) is 2.74. The fourth-order valence-corrected chi connectivity index (χ4v) is 3.83. The highest BCUT2D eigenvalue weighted by atomic mass is 32.2. The second kappa shape index (κ2) is 11.4. The van der Waals surface area contributed by atoms with Crippen molar-refractivity contribution in [3.8, 4) is 0 Å². The minimum Gasteiger partial charge on any atom is -0.463 e. The van der Waals surface area contributed by atoms with Crippen LogP contribution in [0.15, 0.2) is 59.5 Å². The van der Waals surface area contributed by atoms with Gasteiger partial charge in [-0.25, -0.2) is 21.9 Å². The van der Waals surface area contributed by atoms with Crippen molar-refractivity contribution in [2.45, 2.75) is 24.7 Å². The molecule has 9 heteroatoms. The van der Waals surface area contributed by atoms with Crippen LogP contribution in [0.25, 0.3) is 6.08 Å². The number of carbonyl (C=O) groups excluding carboxylic acids is 2. The summed E-state index contributed by atoms with van der Waals surface area (Å²) in [6.45, 7) is 2.18. The van der Waals surface area contributed by atoms with E-state index in [2.05, 4.69) is 5.32 Å². The molecule has 31 heavy (non-hydrogen) atoms. The van der Waals surface area contributed by atoms with Gasteiger partial charge in [0, 0.05) is 31.8 Å². The standard InChI is InChI=1S/C22H25FN2O5S/c1-3-30-22(27)15-8-17-6-11-19(12-7-17)24-21(26)5-4-16-25(2)31(28,29)20-13-9-18(23)10-14-20/h6-15H,3-5,16H2,1-2H3,(H,24,26). The number of halogens is 1. The highest BCUT2D eigenvalue weighted by molar-refractivity contribution is 7.89. The van der Waals surface area contributed by atoms with Crippen LogP contribution in [0.5, 0.6) is 0 Å². The monoisotopic (exact) mass is 448 g/mol. The minimum atomic E-state index is -3.74. The molecule has 2 rings (SSSR count). The second-order valence-corrected chi connectivity index (χ2v) is 8.68. The molecule has 1 N–H and O–H groups in total. The van der Waals surface area contributed by atoms with Gasteiger partial charge in [0.1, 0.15) is 5.82 Å². The lowest BCUT2D eigenvalue weighted by Gasteiger charge is -2.17. The number of nitrogens with one attached hydrogen (secondary N) is 1. The molecule has 0 bridgehead atoms. The number of ether oxygens (including phenoxy) is 1. The maximum absolute atomic E-state index is 13.0. The van der Waals surface area contributed by atoms with Gasteiger partial charge in [-0.1, -0.05) is 12.1 Å². The number of amides is 1. The molecule has 0 aromatic heterocycles. The molecule has 2 aromatic rings. The molecule has 0 atom stereocenters. The van der Waals surface area contributed by atoms with Gasteiger partial charge in [-0.3, -0.25) is 4.79 Å². The lowest BCUT2D eigenvalue weighted by Crippen LogP contribution is -2.28. The van der Waals surface area contributed by atoms with Crippen LogP contribution in [-0.4, -0.2) is 44.8 Å². The topological polar surface area (TPSA) is 92.8 Å². The van der Waals surface area contributed by atoms with Crippen LogP contribution in [0.4, 0.5) is 10.1 Å². The molecule has 0 heterocycles. The average molecular weight is 449 g/mol. The Hall–Kier alpha value is -3.04. The predicted octanol–water partition coefficient (Wildman–Crippen LogP) is 3.44. The zero-order valence-corrected chi connectivity index (χ0v) is 18.2. The van der Waals surface area contributed by atoms with E-state index in [4.69, 9.17) is 4.74 Å². The van der Waals surface area contributed by atoms with E-state index >= 15 is 0 Å². The summed E-state index contributed by atoms with van der Waals surface area (Å²) in [6.07, 6.45) is 3.39. The molecular formula is C22H25FN2O5S. The number of benzene rings is 2. The zero-order valence-electron chi connectivity index (χ0n) is 17.4. The van der Waals surface area contributed by atoms with E-state index < -0.39 is 21.8 Å². The Balaban J connectivity index is 1.81. The highest BCUT2D eigenvalue weighted by Crippen LogP contribution is 2.16. The number of hydrogen-bond donors (Lipinski definition) is 1. The first-order chi connectivity index (χ1) is 14.7. The maximum atomic E-state index is 13.0. The number of sulfonamides is 1. The average Bonchev–Trinajstić information content (AvgIpc) is 2.73. The van der Waals surface area contributed by atoms with Gasteiger partial charge >= 0.3 is 5.97 Å². The van der Waals surface area contributed by atoms with Gasteiger partial charge in [0.15, 0.2) is 0 Å². The summed E-state index contributed by atoms with van der Waals surface area (Å²) in [4.78, 5) is 23.4. The Morgan fingerprint density at radius 3 is 2.35 bits per heavy atom. The number of rotatable bonds is 10. The van der Waals surface area contributed by atoms with E-state index in [0.29, 0.717) is 18.7 Å². The van der Waals surface area contributed by atoms with Crippen molar-refractivity contribution in [1.29, 1.82) is 0 Å². The molecule has 0 unspecified atom stereocenters. The minimum absolute atomic E-state index is 0.00190. The van der Waals surface area contributed by atoms with Crippen LogP contribution in [0.1, 0.15) is 25.3 Å². The molecule has 1 amide bonds. The summed E-state index contributed by atoms with van der Waals surface area (Å²) >= 11 is 0. The van der Waals surface area contributed by atoms with Crippen molar-refractivity contribution in [1.82, 2.24) is 4.31 Å². The molecule has 0 spiro atoms. The maximum Gasteiger partial charge on any atom is 0.330 e. The number of carbonyl (C=O) groups is 2. The van der Waals surface area contributed by atoms with Crippen LogP contribution in [-0.2, 0) is 24.3 Å². The van der Waals surface area contributed by atoms with Crippen molar-refractivity contribution in [2.75, 3.05) is 25.5 Å². The first-order valence-electron chi connectivity index (χ1n) is 9.69. The van der Waals surface area contributed by atoms with Crippen LogP contribution < -0.4 is 5.32 Å². The fraction of sp³-hybridized carbons (Fsp3) is 0.273. The van der Waals surface area contributed by atoms with Crippen LogP contribution in [0.3, 0.4) is 0 Å². The third-order valence-electron chi connectivity index (χ3n) is 4.29. The van der Waals surface area contributed by atoms with E-state index in [1.54, 1.807) is 37.3 Å². The van der Waals surface area contributed by atoms with Crippen molar-refractivity contribution in [3.63, 3.8) is 0 Å². The van der Waals surface area contributed by atoms with E-state index in [0.717, 1.165) is 22.0 Å². The quantitative estimate of drug-likeness (QED) is 0.444. The van der Waals surface area contributed by atoms with Crippen molar-refractivity contribution in [2.24, 2.45) is 0 Å². The molecule has 166 valence electrons. The van der Waals surface area contributed by atoms with Crippen LogP contribution in [0, 0.1) is 5.82 Å². The second-order valence-electron chi connectivity index (χ2n) is 6.64. The van der Waals surface area contributed by atoms with Gasteiger partial charge in [0.2, 0.25) is 15.9 Å². The van der Waals surface area contributed by atoms with Gasteiger partial charge in [-0.2, -0.15) is 0 Å². The third kappa shape index (κ3) is 7.62. The molecule has 0 saturated carbocycles. The molecule has 0 aliphatic rings. The van der Waals surface area contributed by atoms with Crippen LogP contribution in [0.2, 0.25) is 0 Å². The molecule has 0 saturated heterocycles. The van der Waals surface area contributed by atoms with Crippen molar-refractivity contribution in [3.05, 3.63) is 66.0 Å². The molecule has 0 aliphatic carbocycles. The molecule has 0 aliphatic heterocycles. The number of nitrogens with zero attached hydrogens (tertiary/aromatic N) is 1. The summed E-state index contributed by atoms with van der Waals surface area (Å²) in [7, 11) is -2.32. The Labute approximate surface area is 181 Å². The lowest BCUT2D eigenvalue weighted by atomic mass is 10.2. The van der Waals surface area contributed by atoms with E-state index in [1.165, 1.54) is 25.3 Å². The van der Waals surface area contributed by atoms with E-state index in [-0.39, 0.29) is 23.8 Å². The Morgan fingerprint density at radius 2 is 1.74 bits per heavy atom. The molecule has 2 aromatic carbocycles. The summed E-state index contributed by atoms with van der Waals surface area (Å²) < 4.78 is 43.8. The number of esters is 1. The fourth-order valence-electron chi connectivity index (χ4n) is 2.62. The molecular weight excluding hydrogens is 423 g/mol. The molecule has 0 radical (unpaired) electrons. The summed E-state index contributed by atoms with van der Waals surface area (Å²) in [6, 6.07) is 11.5. The van der Waals surface area contributed by atoms with Gasteiger partial charge in [-0.15, -0.1) is 0 Å². The van der Waals surface area contributed by atoms with Crippen molar-refractivity contribution >= 4 is 33.7 Å². The largest absolute Gasteiger partial charge is 0.463 e. The normalized spacial score (nSPS) is 11.6. The number of anilines is 1. The van der Waals surface area contributed by atoms with E-state index in [9.17, 15) is 22.4 Å². The van der Waals surface area contributed by atoms with Gasteiger partial charge in [-0.05, 0) is 61.4 Å². The van der Waals surface area contributed by atoms with Gasteiger partial charge in [0.25, 0.3) is 0 Å². The van der Waals surface area contributed by atoms with E-state index in [1.807, 2.05) is 0 Å². The van der Waals surface area contributed by atoms with Gasteiger partial charge in [0.05, 0.1) is 11.5 Å². The van der Waals surface area contributed by atoms with Crippen LogP contribution >= 0.6 is 0 Å². The molecule has 0 fully saturated rings. The molecule has 7 nitrogen and oxygen atoms in total. The Morgan fingerprint density at radius 1 is 1.10 bits per heavy atom. The van der Waals surface area contributed by atoms with Gasteiger partial charge < -0.3 is 10.1 Å². The SMILES string of the molecule is CCOC(=O)C=Cc1ccc(NC(=O)CCCN(C)S(=O)(=O)c2ccc(F)cc2)cc1. The summed E-state index contributed by atoms with van der Waals surface area (Å²) in [5.41, 5.74) is 1.37. The summed E-state index contributed by atoms with van der Waals surface area (Å²) in [5.74, 6) is -1.19. The number of hydrogen-bond acceptors (Lipinski definition) is 5. The third-order valence-corrected chi connectivity index (χ3v) is 6.16. The zero-order chi connectivity index (χ0) is 22.9. The lowest BCUT2D eigenvalue weighted by molar-refractivity contribution is -0.137. The first kappa shape index (κ1) is 24.2. The predicted molar refractivity (Wildman–Crippen MR) is 116 cm³/mol. The first-order valence-corrected chi connectivity index (χ1v) is 11.1. The smallest absolute Gasteiger partial charge is 0.330 e. The Bertz CT molecular complexity index is 1020. The highest BCUT2D eigenvalue weighted by Gasteiger charge is 2.20. The Kier molecular flexibility index (Phi) is 8.89.